The molecule has 0 radical (unpaired) electrons. The molecule has 0 spiro atoms. The monoisotopic (exact) mass is 328 g/mol. The number of fused-ring (bicyclic) bond motifs is 1. The smallest absolute Gasteiger partial charge is 0.287 e. The second kappa shape index (κ2) is 6.56. The topological polar surface area (TPSA) is 45.5 Å². The van der Waals surface area contributed by atoms with Gasteiger partial charge in [-0.15, -0.1) is 0 Å². The highest BCUT2D eigenvalue weighted by atomic mass is 32.1. The van der Waals surface area contributed by atoms with E-state index in [4.69, 9.17) is 4.42 Å². The number of rotatable bonds is 5. The van der Waals surface area contributed by atoms with Crippen LogP contribution in [0.4, 0.5) is 0 Å². The van der Waals surface area contributed by atoms with Crippen molar-refractivity contribution in [1.82, 2.24) is 10.2 Å². The summed E-state index contributed by atoms with van der Waals surface area (Å²) in [5.74, 6) is 0.231. The molecule has 0 aliphatic rings. The summed E-state index contributed by atoms with van der Waals surface area (Å²) in [5.41, 5.74) is 2.84. The van der Waals surface area contributed by atoms with Crippen molar-refractivity contribution in [2.45, 2.75) is 13.0 Å². The maximum Gasteiger partial charge on any atom is 0.287 e. The van der Waals surface area contributed by atoms with E-state index in [0.29, 0.717) is 12.3 Å². The predicted octanol–water partition coefficient (Wildman–Crippen LogP) is 3.84. The fourth-order valence-corrected chi connectivity index (χ4v) is 3.43. The molecule has 3 aromatic rings. The van der Waals surface area contributed by atoms with Gasteiger partial charge in [-0.25, -0.2) is 0 Å². The molecule has 3 rings (SSSR count). The Balaban J connectivity index is 1.76. The third-order valence-corrected chi connectivity index (χ3v) is 4.76. The number of nitrogens with one attached hydrogen (secondary N) is 1. The van der Waals surface area contributed by atoms with Gasteiger partial charge >= 0.3 is 0 Å². The number of para-hydroxylation sites is 1. The number of hydrogen-bond donors (Lipinski definition) is 1. The highest BCUT2D eigenvalue weighted by molar-refractivity contribution is 7.07. The minimum atomic E-state index is -0.166. The number of thiophene rings is 1. The molecule has 0 saturated carbocycles. The molecule has 0 aliphatic carbocycles. The van der Waals surface area contributed by atoms with E-state index in [1.165, 1.54) is 5.56 Å². The number of aryl methyl sites for hydroxylation is 1. The van der Waals surface area contributed by atoms with Gasteiger partial charge in [0.2, 0.25) is 0 Å². The summed E-state index contributed by atoms with van der Waals surface area (Å²) in [4.78, 5) is 14.6. The maximum absolute atomic E-state index is 12.5. The van der Waals surface area contributed by atoms with Gasteiger partial charge in [0.25, 0.3) is 5.91 Å². The minimum absolute atomic E-state index is 0.148. The Kier molecular flexibility index (Phi) is 4.50. The van der Waals surface area contributed by atoms with Crippen LogP contribution in [0.3, 0.4) is 0 Å². The van der Waals surface area contributed by atoms with Crippen molar-refractivity contribution in [3.63, 3.8) is 0 Å². The average molecular weight is 328 g/mol. The Bertz CT molecular complexity index is 806. The lowest BCUT2D eigenvalue weighted by Crippen LogP contribution is -2.34. The van der Waals surface area contributed by atoms with Crippen molar-refractivity contribution in [3.8, 4) is 0 Å². The molecule has 0 fully saturated rings. The van der Waals surface area contributed by atoms with Gasteiger partial charge in [-0.1, -0.05) is 18.2 Å². The number of carbonyl (C=O) groups excluding carboxylic acids is 1. The van der Waals surface area contributed by atoms with Crippen LogP contribution < -0.4 is 5.32 Å². The third kappa shape index (κ3) is 3.16. The molecule has 1 N–H and O–H groups in total. The highest BCUT2D eigenvalue weighted by Gasteiger charge is 2.20. The summed E-state index contributed by atoms with van der Waals surface area (Å²) < 4.78 is 5.72. The van der Waals surface area contributed by atoms with Crippen molar-refractivity contribution >= 4 is 28.2 Å². The van der Waals surface area contributed by atoms with Gasteiger partial charge in [0.15, 0.2) is 5.76 Å². The van der Waals surface area contributed by atoms with Crippen LogP contribution in [0.1, 0.15) is 27.7 Å². The Hall–Kier alpha value is -2.11. The molecule has 4 nitrogen and oxygen atoms in total. The number of carbonyl (C=O) groups is 1. The summed E-state index contributed by atoms with van der Waals surface area (Å²) in [7, 11) is 4.03. The normalized spacial score (nSPS) is 12.7. The van der Waals surface area contributed by atoms with E-state index in [-0.39, 0.29) is 11.9 Å². The van der Waals surface area contributed by atoms with Crippen molar-refractivity contribution in [3.05, 3.63) is 58.0 Å². The first-order valence-electron chi connectivity index (χ1n) is 7.52. The van der Waals surface area contributed by atoms with Gasteiger partial charge in [-0.2, -0.15) is 11.3 Å². The largest absolute Gasteiger partial charge is 0.451 e. The lowest BCUT2D eigenvalue weighted by atomic mass is 10.1. The van der Waals surface area contributed by atoms with Crippen LogP contribution in [0.15, 0.2) is 45.5 Å². The quantitative estimate of drug-likeness (QED) is 0.774. The first kappa shape index (κ1) is 15.8. The molecule has 0 aliphatic heterocycles. The fraction of sp³-hybridized carbons (Fsp3) is 0.278. The average Bonchev–Trinajstić information content (AvgIpc) is 3.16. The Morgan fingerprint density at radius 2 is 2.09 bits per heavy atom. The highest BCUT2D eigenvalue weighted by Crippen LogP contribution is 2.25. The lowest BCUT2D eigenvalue weighted by molar-refractivity contribution is 0.0915. The molecule has 0 saturated heterocycles. The molecule has 1 aromatic carbocycles. The van der Waals surface area contributed by atoms with Crippen molar-refractivity contribution in [1.29, 1.82) is 0 Å². The summed E-state index contributed by atoms with van der Waals surface area (Å²) in [6.45, 7) is 2.46. The van der Waals surface area contributed by atoms with Crippen LogP contribution in [0.2, 0.25) is 0 Å². The molecule has 23 heavy (non-hydrogen) atoms. The van der Waals surface area contributed by atoms with E-state index in [9.17, 15) is 4.79 Å². The van der Waals surface area contributed by atoms with Crippen LogP contribution >= 0.6 is 11.3 Å². The Morgan fingerprint density at radius 1 is 1.30 bits per heavy atom. The van der Waals surface area contributed by atoms with E-state index in [0.717, 1.165) is 16.5 Å². The third-order valence-electron chi connectivity index (χ3n) is 4.06. The zero-order valence-corrected chi connectivity index (χ0v) is 14.3. The summed E-state index contributed by atoms with van der Waals surface area (Å²) in [5, 5.41) is 8.15. The van der Waals surface area contributed by atoms with Crippen LogP contribution in [0.5, 0.6) is 0 Å². The zero-order valence-electron chi connectivity index (χ0n) is 13.5. The van der Waals surface area contributed by atoms with Gasteiger partial charge < -0.3 is 14.6 Å². The van der Waals surface area contributed by atoms with Crippen LogP contribution in [0, 0.1) is 6.92 Å². The second-order valence-electron chi connectivity index (χ2n) is 5.80. The van der Waals surface area contributed by atoms with Gasteiger partial charge in [-0.3, -0.25) is 4.79 Å². The van der Waals surface area contributed by atoms with Crippen LogP contribution in [-0.2, 0) is 0 Å². The Labute approximate surface area is 139 Å². The second-order valence-corrected chi connectivity index (χ2v) is 6.58. The molecule has 2 aromatic heterocycles. The van der Waals surface area contributed by atoms with E-state index in [2.05, 4.69) is 27.0 Å². The molecule has 0 bridgehead atoms. The van der Waals surface area contributed by atoms with E-state index in [1.54, 1.807) is 11.3 Å². The van der Waals surface area contributed by atoms with Crippen LogP contribution in [-0.4, -0.2) is 31.4 Å². The summed E-state index contributed by atoms with van der Waals surface area (Å²) in [6, 6.07) is 9.95. The van der Waals surface area contributed by atoms with Gasteiger partial charge in [-0.05, 0) is 49.5 Å². The van der Waals surface area contributed by atoms with Gasteiger partial charge in [0.05, 0.1) is 6.04 Å². The fourth-order valence-electron chi connectivity index (χ4n) is 2.72. The van der Waals surface area contributed by atoms with E-state index >= 15 is 0 Å². The molecular weight excluding hydrogens is 308 g/mol. The number of likely N-dealkylation sites (N-methyl/N-ethyl adjacent to an activating group) is 1. The molecule has 1 atom stereocenters. The number of nitrogens with zero attached hydrogens (tertiary/aromatic N) is 1. The summed E-state index contributed by atoms with van der Waals surface area (Å²) >= 11 is 1.66. The van der Waals surface area contributed by atoms with Crippen molar-refractivity contribution in [2.24, 2.45) is 0 Å². The lowest BCUT2D eigenvalue weighted by Gasteiger charge is -2.23. The van der Waals surface area contributed by atoms with Crippen molar-refractivity contribution in [2.75, 3.05) is 20.6 Å². The predicted molar refractivity (Wildman–Crippen MR) is 94.0 cm³/mol. The first-order chi connectivity index (χ1) is 11.1. The standard InChI is InChI=1S/C18H20N2O2S/c1-12-14-6-4-5-7-16(14)22-17(12)18(21)19-10-15(20(2)3)13-8-9-23-11-13/h4-9,11,15H,10H2,1-3H3,(H,19,21)/t15-/m0/s1. The van der Waals surface area contributed by atoms with E-state index in [1.807, 2.05) is 45.3 Å². The number of furan rings is 1. The molecule has 2 heterocycles. The molecule has 0 unspecified atom stereocenters. The maximum atomic E-state index is 12.5. The van der Waals surface area contributed by atoms with Gasteiger partial charge in [0.1, 0.15) is 5.58 Å². The number of benzene rings is 1. The summed E-state index contributed by atoms with van der Waals surface area (Å²) in [6.07, 6.45) is 0. The van der Waals surface area contributed by atoms with Crippen LogP contribution in [0.25, 0.3) is 11.0 Å². The van der Waals surface area contributed by atoms with Gasteiger partial charge in [0, 0.05) is 17.5 Å². The molecule has 120 valence electrons. The molecule has 5 heteroatoms. The molecular formula is C18H20N2O2S. The first-order valence-corrected chi connectivity index (χ1v) is 8.47. The minimum Gasteiger partial charge on any atom is -0.451 e. The van der Waals surface area contributed by atoms with E-state index < -0.39 is 0 Å². The Morgan fingerprint density at radius 3 is 2.74 bits per heavy atom. The van der Waals surface area contributed by atoms with Crippen molar-refractivity contribution < 1.29 is 9.21 Å². The molecule has 1 amide bonds. The number of hydrogen-bond acceptors (Lipinski definition) is 4. The number of amides is 1. The SMILES string of the molecule is Cc1c(C(=O)NC[C@@H](c2ccsc2)N(C)C)oc2ccccc12. The zero-order chi connectivity index (χ0) is 16.4.